The van der Waals surface area contributed by atoms with E-state index in [0.717, 1.165) is 26.4 Å². The molecule has 4 saturated carbocycles. The van der Waals surface area contributed by atoms with Gasteiger partial charge in [0.1, 0.15) is 0 Å². The minimum atomic E-state index is -3.95. The molecular weight excluding hydrogens is 354 g/mol. The van der Waals surface area contributed by atoms with Crippen molar-refractivity contribution in [2.75, 3.05) is 7.11 Å². The molecule has 146 valence electrons. The largest absolute Gasteiger partial charge is 0.464 e. The summed E-state index contributed by atoms with van der Waals surface area (Å²) in [6, 6.07) is 7.71. The molecule has 1 aromatic rings. The van der Waals surface area contributed by atoms with E-state index in [0.29, 0.717) is 37.0 Å². The van der Waals surface area contributed by atoms with Crippen LogP contribution in [0.15, 0.2) is 30.3 Å². The molecule has 4 aliphatic carbocycles. The summed E-state index contributed by atoms with van der Waals surface area (Å²) in [6.07, 6.45) is 3.55. The molecule has 0 heterocycles. The molecule has 0 saturated heterocycles. The Morgan fingerprint density at radius 1 is 1.04 bits per heavy atom. The molecular formula is C21H24F2O4. The Morgan fingerprint density at radius 2 is 1.56 bits per heavy atom. The third kappa shape index (κ3) is 3.13. The zero-order chi connectivity index (χ0) is 19.2. The zero-order valence-corrected chi connectivity index (χ0v) is 15.3. The number of rotatable bonds is 5. The van der Waals surface area contributed by atoms with Gasteiger partial charge in [0.15, 0.2) is 0 Å². The maximum atomic E-state index is 14.7. The molecule has 4 aliphatic rings. The molecule has 4 bridgehead atoms. The summed E-state index contributed by atoms with van der Waals surface area (Å²) in [5.41, 5.74) is -0.584. The number of benzene rings is 1. The van der Waals surface area contributed by atoms with Gasteiger partial charge < -0.3 is 9.47 Å². The van der Waals surface area contributed by atoms with Crippen molar-refractivity contribution in [3.63, 3.8) is 0 Å². The molecule has 4 fully saturated rings. The highest BCUT2D eigenvalue weighted by molar-refractivity contribution is 5.81. The van der Waals surface area contributed by atoms with E-state index in [1.54, 1.807) is 18.2 Å². The second kappa shape index (κ2) is 6.57. The molecule has 0 aromatic heterocycles. The van der Waals surface area contributed by atoms with Gasteiger partial charge in [-0.1, -0.05) is 30.3 Å². The maximum absolute atomic E-state index is 14.7. The Morgan fingerprint density at radius 3 is 2.04 bits per heavy atom. The third-order valence-corrected chi connectivity index (χ3v) is 6.59. The van der Waals surface area contributed by atoms with Crippen LogP contribution in [-0.2, 0) is 19.1 Å². The van der Waals surface area contributed by atoms with Gasteiger partial charge >= 0.3 is 17.9 Å². The van der Waals surface area contributed by atoms with Gasteiger partial charge in [0.25, 0.3) is 0 Å². The molecule has 1 aromatic carbocycles. The predicted molar refractivity (Wildman–Crippen MR) is 92.8 cm³/mol. The van der Waals surface area contributed by atoms with E-state index < -0.39 is 29.4 Å². The molecule has 27 heavy (non-hydrogen) atoms. The topological polar surface area (TPSA) is 52.6 Å². The maximum Gasteiger partial charge on any atom is 0.382 e. The molecule has 1 atom stereocenters. The third-order valence-electron chi connectivity index (χ3n) is 6.59. The SMILES string of the molecule is COC(=O)C(F)(F)C(OC(=O)C12CC3CC(CC(C3)C1)C2)c1ccccc1. The number of methoxy groups -OCH3 is 1. The molecule has 0 N–H and O–H groups in total. The number of carbonyl (C=O) groups is 2. The quantitative estimate of drug-likeness (QED) is 0.717. The van der Waals surface area contributed by atoms with Gasteiger partial charge in [-0.2, -0.15) is 8.78 Å². The number of ether oxygens (including phenoxy) is 2. The standard InChI is InChI=1S/C21H24F2O4/c1-26-19(25)21(22,23)17(16-5-3-2-4-6-16)27-18(24)20-10-13-7-14(11-20)9-15(8-13)12-20/h2-6,13-15,17H,7-12H2,1H3. The van der Waals surface area contributed by atoms with Crippen molar-refractivity contribution < 1.29 is 27.8 Å². The average molecular weight is 378 g/mol. The second-order valence-electron chi connectivity index (χ2n) is 8.51. The first-order valence-corrected chi connectivity index (χ1v) is 9.56. The lowest BCUT2D eigenvalue weighted by atomic mass is 9.49. The fraction of sp³-hybridized carbons (Fsp3) is 0.619. The molecule has 5 rings (SSSR count). The van der Waals surface area contributed by atoms with Crippen LogP contribution >= 0.6 is 0 Å². The first kappa shape index (κ1) is 18.4. The van der Waals surface area contributed by atoms with Crippen molar-refractivity contribution in [1.29, 1.82) is 0 Å². The molecule has 0 spiro atoms. The average Bonchev–Trinajstić information content (AvgIpc) is 2.64. The molecule has 0 radical (unpaired) electrons. The van der Waals surface area contributed by atoms with Crippen LogP contribution in [0.5, 0.6) is 0 Å². The highest BCUT2D eigenvalue weighted by Crippen LogP contribution is 2.60. The molecule has 0 amide bonds. The summed E-state index contributed by atoms with van der Waals surface area (Å²) < 4.78 is 39.2. The molecule has 1 unspecified atom stereocenters. The van der Waals surface area contributed by atoms with E-state index in [4.69, 9.17) is 4.74 Å². The van der Waals surface area contributed by atoms with Gasteiger partial charge in [-0.3, -0.25) is 4.79 Å². The summed E-state index contributed by atoms with van der Waals surface area (Å²) in [6.45, 7) is 0. The van der Waals surface area contributed by atoms with Crippen LogP contribution in [0.3, 0.4) is 0 Å². The van der Waals surface area contributed by atoms with Crippen molar-refractivity contribution in [2.24, 2.45) is 23.2 Å². The number of esters is 2. The number of carbonyl (C=O) groups excluding carboxylic acids is 2. The monoisotopic (exact) mass is 378 g/mol. The van der Waals surface area contributed by atoms with Crippen LogP contribution in [-0.4, -0.2) is 25.0 Å². The molecule has 0 aliphatic heterocycles. The van der Waals surface area contributed by atoms with Gasteiger partial charge in [0.2, 0.25) is 6.10 Å². The summed E-state index contributed by atoms with van der Waals surface area (Å²) in [7, 11) is 0.902. The van der Waals surface area contributed by atoms with E-state index in [-0.39, 0.29) is 5.56 Å². The van der Waals surface area contributed by atoms with Gasteiger partial charge in [0.05, 0.1) is 12.5 Å². The summed E-state index contributed by atoms with van der Waals surface area (Å²) in [5.74, 6) is -4.78. The van der Waals surface area contributed by atoms with E-state index in [1.807, 2.05) is 0 Å². The zero-order valence-electron chi connectivity index (χ0n) is 15.3. The summed E-state index contributed by atoms with van der Waals surface area (Å²) in [5, 5.41) is 0. The number of hydrogen-bond acceptors (Lipinski definition) is 4. The van der Waals surface area contributed by atoms with Crippen LogP contribution in [0.2, 0.25) is 0 Å². The fourth-order valence-corrected chi connectivity index (χ4v) is 5.82. The minimum Gasteiger partial charge on any atom is -0.464 e. The Labute approximate surface area is 157 Å². The number of alkyl halides is 2. The highest BCUT2D eigenvalue weighted by atomic mass is 19.3. The van der Waals surface area contributed by atoms with Crippen LogP contribution in [0.25, 0.3) is 0 Å². The van der Waals surface area contributed by atoms with Gasteiger partial charge in [-0.05, 0) is 61.8 Å². The van der Waals surface area contributed by atoms with E-state index in [9.17, 15) is 18.4 Å². The van der Waals surface area contributed by atoms with Crippen molar-refractivity contribution >= 4 is 11.9 Å². The van der Waals surface area contributed by atoms with Gasteiger partial charge in [-0.15, -0.1) is 0 Å². The van der Waals surface area contributed by atoms with Crippen molar-refractivity contribution in [1.82, 2.24) is 0 Å². The summed E-state index contributed by atoms with van der Waals surface area (Å²) >= 11 is 0. The van der Waals surface area contributed by atoms with E-state index in [1.165, 1.54) is 12.1 Å². The first-order valence-electron chi connectivity index (χ1n) is 9.56. The lowest BCUT2D eigenvalue weighted by molar-refractivity contribution is -0.208. The van der Waals surface area contributed by atoms with Gasteiger partial charge in [-0.25, -0.2) is 4.79 Å². The first-order chi connectivity index (χ1) is 12.8. The van der Waals surface area contributed by atoms with Crippen LogP contribution < -0.4 is 0 Å². The normalized spacial score (nSPS) is 32.8. The van der Waals surface area contributed by atoms with Crippen LogP contribution in [0.4, 0.5) is 8.78 Å². The lowest BCUT2D eigenvalue weighted by Crippen LogP contribution is -2.51. The van der Waals surface area contributed by atoms with Crippen molar-refractivity contribution in [2.45, 2.75) is 50.6 Å². The Hall–Kier alpha value is -1.98. The smallest absolute Gasteiger partial charge is 0.382 e. The van der Waals surface area contributed by atoms with E-state index >= 15 is 0 Å². The summed E-state index contributed by atoms with van der Waals surface area (Å²) in [4.78, 5) is 24.8. The number of halogens is 2. The van der Waals surface area contributed by atoms with Crippen molar-refractivity contribution in [3.8, 4) is 0 Å². The predicted octanol–water partition coefficient (Wildman–Crippen LogP) is 4.30. The molecule has 4 nitrogen and oxygen atoms in total. The van der Waals surface area contributed by atoms with Crippen LogP contribution in [0, 0.1) is 23.2 Å². The Kier molecular flexibility index (Phi) is 4.47. The second-order valence-corrected chi connectivity index (χ2v) is 8.51. The molecule has 6 heteroatoms. The minimum absolute atomic E-state index is 0.0889. The van der Waals surface area contributed by atoms with Gasteiger partial charge in [0, 0.05) is 0 Å². The van der Waals surface area contributed by atoms with Crippen LogP contribution in [0.1, 0.15) is 50.2 Å². The van der Waals surface area contributed by atoms with E-state index in [2.05, 4.69) is 4.74 Å². The Bertz CT molecular complexity index is 696. The van der Waals surface area contributed by atoms with Crippen molar-refractivity contribution in [3.05, 3.63) is 35.9 Å². The lowest BCUT2D eigenvalue weighted by Gasteiger charge is -2.55. The highest BCUT2D eigenvalue weighted by Gasteiger charge is 2.58. The number of hydrogen-bond donors (Lipinski definition) is 0. The fourth-order valence-electron chi connectivity index (χ4n) is 5.82. The Balaban J connectivity index is 1.62.